The van der Waals surface area contributed by atoms with E-state index in [9.17, 15) is 13.2 Å². The van der Waals surface area contributed by atoms with Gasteiger partial charge < -0.3 is 19.5 Å². The number of fused-ring (bicyclic) bond motifs is 2. The smallest absolute Gasteiger partial charge is 0.273 e. The number of hydrogen-bond donors (Lipinski definition) is 1. The Kier molecular flexibility index (Phi) is 6.30. The van der Waals surface area contributed by atoms with Gasteiger partial charge in [0.1, 0.15) is 5.76 Å². The molecule has 1 N–H and O–H groups in total. The molecule has 4 aliphatic rings. The fraction of sp³-hybridized carbons (Fsp3) is 0.818. The SMILES string of the molecule is CN1CCC(CS(=O)(=O)N2C3CCC2CC(NC(=O)c2cc(C4CCOC4)on2)C3)CC1. The Morgan fingerprint density at radius 2 is 1.88 bits per heavy atom. The van der Waals surface area contributed by atoms with Gasteiger partial charge in [-0.2, -0.15) is 4.31 Å². The molecule has 1 aromatic heterocycles. The van der Waals surface area contributed by atoms with E-state index in [1.807, 2.05) is 0 Å². The van der Waals surface area contributed by atoms with Crippen molar-refractivity contribution >= 4 is 15.9 Å². The van der Waals surface area contributed by atoms with Crippen molar-refractivity contribution in [3.05, 3.63) is 17.5 Å². The standard InChI is InChI=1S/C22H34N4O5S/c1-25-7-4-15(5-8-25)14-32(28,29)26-18-2-3-19(26)11-17(10-18)23-22(27)20-12-21(31-24-20)16-6-9-30-13-16/h12,15-19H,2-11,13-14H2,1H3,(H,23,27). The van der Waals surface area contributed by atoms with Gasteiger partial charge in [0.05, 0.1) is 12.4 Å². The van der Waals surface area contributed by atoms with Crippen molar-refractivity contribution in [2.24, 2.45) is 5.92 Å². The molecule has 0 aliphatic carbocycles. The molecule has 0 radical (unpaired) electrons. The number of nitrogens with one attached hydrogen (secondary N) is 1. The molecule has 4 fully saturated rings. The highest BCUT2D eigenvalue weighted by atomic mass is 32.2. The molecule has 9 nitrogen and oxygen atoms in total. The number of carbonyl (C=O) groups is 1. The van der Waals surface area contributed by atoms with E-state index in [0.29, 0.717) is 31.8 Å². The zero-order valence-electron chi connectivity index (χ0n) is 18.7. The predicted molar refractivity (Wildman–Crippen MR) is 118 cm³/mol. The summed E-state index contributed by atoms with van der Waals surface area (Å²) in [6.45, 7) is 3.25. The number of ether oxygens (including phenoxy) is 1. The van der Waals surface area contributed by atoms with Crippen LogP contribution in [0.2, 0.25) is 0 Å². The molecule has 5 rings (SSSR count). The third-order valence-electron chi connectivity index (χ3n) is 7.70. The predicted octanol–water partition coefficient (Wildman–Crippen LogP) is 1.58. The maximum absolute atomic E-state index is 13.3. The highest BCUT2D eigenvalue weighted by Crippen LogP contribution is 2.39. The molecule has 2 bridgehead atoms. The quantitative estimate of drug-likeness (QED) is 0.679. The molecule has 1 aromatic rings. The van der Waals surface area contributed by atoms with Gasteiger partial charge in [-0.05, 0) is 71.0 Å². The second-order valence-corrected chi connectivity index (χ2v) is 12.0. The first kappa shape index (κ1) is 22.3. The molecular weight excluding hydrogens is 432 g/mol. The molecule has 4 saturated heterocycles. The molecule has 32 heavy (non-hydrogen) atoms. The molecule has 3 atom stereocenters. The van der Waals surface area contributed by atoms with Crippen LogP contribution in [-0.4, -0.2) is 85.9 Å². The Labute approximate surface area is 189 Å². The van der Waals surface area contributed by atoms with Gasteiger partial charge in [-0.25, -0.2) is 8.42 Å². The molecule has 0 saturated carbocycles. The fourth-order valence-corrected chi connectivity index (χ4v) is 8.32. The lowest BCUT2D eigenvalue weighted by atomic mass is 9.99. The van der Waals surface area contributed by atoms with Crippen molar-refractivity contribution < 1.29 is 22.5 Å². The number of nitrogens with zero attached hydrogens (tertiary/aromatic N) is 3. The Balaban J connectivity index is 1.18. The summed E-state index contributed by atoms with van der Waals surface area (Å²) in [6, 6.07) is 1.65. The lowest BCUT2D eigenvalue weighted by molar-refractivity contribution is 0.0900. The molecule has 0 spiro atoms. The Morgan fingerprint density at radius 1 is 1.16 bits per heavy atom. The van der Waals surface area contributed by atoms with E-state index in [2.05, 4.69) is 22.4 Å². The summed E-state index contributed by atoms with van der Waals surface area (Å²) >= 11 is 0. The Bertz CT molecular complexity index is 907. The molecule has 0 aromatic carbocycles. The van der Waals surface area contributed by atoms with Gasteiger partial charge in [0, 0.05) is 36.7 Å². The average Bonchev–Trinajstić information content (AvgIpc) is 3.49. The maximum atomic E-state index is 13.3. The minimum Gasteiger partial charge on any atom is -0.381 e. The van der Waals surface area contributed by atoms with Crippen LogP contribution >= 0.6 is 0 Å². The third kappa shape index (κ3) is 4.60. The first-order valence-electron chi connectivity index (χ1n) is 11.9. The van der Waals surface area contributed by atoms with Crippen molar-refractivity contribution in [2.75, 3.05) is 39.1 Å². The number of carbonyl (C=O) groups excluding carboxylic acids is 1. The molecular formula is C22H34N4O5S. The summed E-state index contributed by atoms with van der Waals surface area (Å²) in [5.41, 5.74) is 0.288. The van der Waals surface area contributed by atoms with Gasteiger partial charge in [-0.3, -0.25) is 4.79 Å². The number of sulfonamides is 1. The van der Waals surface area contributed by atoms with Crippen LogP contribution in [0.4, 0.5) is 0 Å². The van der Waals surface area contributed by atoms with Crippen LogP contribution in [0.5, 0.6) is 0 Å². The summed E-state index contributed by atoms with van der Waals surface area (Å²) in [4.78, 5) is 15.0. The van der Waals surface area contributed by atoms with Crippen molar-refractivity contribution in [3.63, 3.8) is 0 Å². The topological polar surface area (TPSA) is 105 Å². The second kappa shape index (κ2) is 9.04. The van der Waals surface area contributed by atoms with E-state index < -0.39 is 10.0 Å². The van der Waals surface area contributed by atoms with Gasteiger partial charge >= 0.3 is 0 Å². The van der Waals surface area contributed by atoms with Crippen molar-refractivity contribution in [1.82, 2.24) is 19.7 Å². The average molecular weight is 467 g/mol. The van der Waals surface area contributed by atoms with E-state index in [1.54, 1.807) is 10.4 Å². The zero-order chi connectivity index (χ0) is 22.3. The summed E-state index contributed by atoms with van der Waals surface area (Å²) < 4.78 is 39.1. The number of amides is 1. The summed E-state index contributed by atoms with van der Waals surface area (Å²) in [5.74, 6) is 1.13. The van der Waals surface area contributed by atoms with Crippen LogP contribution in [-0.2, 0) is 14.8 Å². The number of hydrogen-bond acceptors (Lipinski definition) is 7. The van der Waals surface area contributed by atoms with Gasteiger partial charge in [-0.15, -0.1) is 0 Å². The van der Waals surface area contributed by atoms with Crippen LogP contribution < -0.4 is 5.32 Å². The summed E-state index contributed by atoms with van der Waals surface area (Å²) in [7, 11) is -1.19. The number of rotatable bonds is 6. The number of piperidine rings is 2. The molecule has 4 aliphatic heterocycles. The van der Waals surface area contributed by atoms with Gasteiger partial charge in [0.25, 0.3) is 5.91 Å². The van der Waals surface area contributed by atoms with Crippen LogP contribution in [0, 0.1) is 5.92 Å². The third-order valence-corrected chi connectivity index (χ3v) is 9.83. The molecule has 178 valence electrons. The highest BCUT2D eigenvalue weighted by Gasteiger charge is 2.47. The summed E-state index contributed by atoms with van der Waals surface area (Å²) in [6.07, 6.45) is 5.85. The molecule has 5 heterocycles. The van der Waals surface area contributed by atoms with Gasteiger partial charge in [0.15, 0.2) is 5.69 Å². The van der Waals surface area contributed by atoms with E-state index >= 15 is 0 Å². The number of likely N-dealkylation sites (tertiary alicyclic amines) is 1. The summed E-state index contributed by atoms with van der Waals surface area (Å²) in [5, 5.41) is 7.03. The highest BCUT2D eigenvalue weighted by molar-refractivity contribution is 7.89. The van der Waals surface area contributed by atoms with Gasteiger partial charge in [-0.1, -0.05) is 5.16 Å². The fourth-order valence-electron chi connectivity index (χ4n) is 5.93. The van der Waals surface area contributed by atoms with E-state index in [4.69, 9.17) is 9.26 Å². The number of aromatic nitrogens is 1. The van der Waals surface area contributed by atoms with Crippen LogP contribution in [0.3, 0.4) is 0 Å². The van der Waals surface area contributed by atoms with Crippen LogP contribution in [0.25, 0.3) is 0 Å². The van der Waals surface area contributed by atoms with Crippen molar-refractivity contribution in [3.8, 4) is 0 Å². The Morgan fingerprint density at radius 3 is 2.53 bits per heavy atom. The van der Waals surface area contributed by atoms with Gasteiger partial charge in [0.2, 0.25) is 10.0 Å². The largest absolute Gasteiger partial charge is 0.381 e. The Hall–Kier alpha value is -1.49. The zero-order valence-corrected chi connectivity index (χ0v) is 19.6. The molecule has 10 heteroatoms. The monoisotopic (exact) mass is 466 g/mol. The molecule has 3 unspecified atom stereocenters. The normalized spacial score (nSPS) is 32.4. The van der Waals surface area contributed by atoms with Crippen molar-refractivity contribution in [1.29, 1.82) is 0 Å². The van der Waals surface area contributed by atoms with E-state index in [1.165, 1.54) is 0 Å². The lowest BCUT2D eigenvalue weighted by Gasteiger charge is -2.39. The van der Waals surface area contributed by atoms with Crippen LogP contribution in [0.1, 0.15) is 67.1 Å². The minimum atomic E-state index is -3.28. The lowest BCUT2D eigenvalue weighted by Crippen LogP contribution is -2.53. The van der Waals surface area contributed by atoms with Crippen LogP contribution in [0.15, 0.2) is 10.6 Å². The minimum absolute atomic E-state index is 0.0150. The van der Waals surface area contributed by atoms with E-state index in [0.717, 1.165) is 45.2 Å². The molecule has 1 amide bonds. The first-order chi connectivity index (χ1) is 15.4. The first-order valence-corrected chi connectivity index (χ1v) is 13.5. The van der Waals surface area contributed by atoms with E-state index in [-0.39, 0.29) is 47.3 Å². The second-order valence-electron chi connectivity index (χ2n) is 10.1. The maximum Gasteiger partial charge on any atom is 0.273 e. The van der Waals surface area contributed by atoms with Crippen molar-refractivity contribution in [2.45, 2.75) is 69.0 Å².